The second-order valence-electron chi connectivity index (χ2n) is 8.70. The summed E-state index contributed by atoms with van der Waals surface area (Å²) in [6, 6.07) is 10.8. The molecule has 0 aromatic heterocycles. The fourth-order valence-corrected chi connectivity index (χ4v) is 4.45. The molecule has 182 valence electrons. The van der Waals surface area contributed by atoms with Crippen molar-refractivity contribution < 1.29 is 4.79 Å². The third-order valence-electron chi connectivity index (χ3n) is 6.81. The van der Waals surface area contributed by atoms with Crippen LogP contribution in [0.25, 0.3) is 0 Å². The summed E-state index contributed by atoms with van der Waals surface area (Å²) in [6.07, 6.45) is 6.20. The Morgan fingerprint density at radius 1 is 1.09 bits per heavy atom. The maximum absolute atomic E-state index is 11.3. The van der Waals surface area contributed by atoms with Crippen molar-refractivity contribution in [1.29, 1.82) is 0 Å². The smallest absolute Gasteiger partial charge is 0.220 e. The minimum absolute atomic E-state index is 0. The lowest BCUT2D eigenvalue weighted by molar-refractivity contribution is -0.123. The Morgan fingerprint density at radius 3 is 2.31 bits per heavy atom. The minimum atomic E-state index is -0.137. The average Bonchev–Trinajstić information content (AvgIpc) is 2.80. The van der Waals surface area contributed by atoms with Crippen molar-refractivity contribution in [2.45, 2.75) is 64.7 Å². The predicted octanol–water partition coefficient (Wildman–Crippen LogP) is 3.90. The summed E-state index contributed by atoms with van der Waals surface area (Å²) in [6.45, 7) is 12.3. The Morgan fingerprint density at radius 2 is 1.75 bits per heavy atom. The van der Waals surface area contributed by atoms with Gasteiger partial charge in [0.05, 0.1) is 6.54 Å². The van der Waals surface area contributed by atoms with Crippen LogP contribution in [0.4, 0.5) is 0 Å². The van der Waals surface area contributed by atoms with Gasteiger partial charge in [0.1, 0.15) is 0 Å². The molecule has 0 spiro atoms. The number of hydrogen-bond donors (Lipinski definition) is 3. The van der Waals surface area contributed by atoms with Gasteiger partial charge in [-0.3, -0.25) is 9.79 Å². The Kier molecular flexibility index (Phi) is 13.9. The number of benzene rings is 1. The number of piperidine rings is 1. The molecule has 0 radical (unpaired) electrons. The summed E-state index contributed by atoms with van der Waals surface area (Å²) in [4.78, 5) is 18.7. The zero-order valence-electron chi connectivity index (χ0n) is 20.2. The van der Waals surface area contributed by atoms with Gasteiger partial charge < -0.3 is 21.3 Å². The van der Waals surface area contributed by atoms with E-state index in [1.807, 2.05) is 0 Å². The number of hydrogen-bond acceptors (Lipinski definition) is 3. The number of amides is 1. The van der Waals surface area contributed by atoms with Crippen molar-refractivity contribution in [3.8, 4) is 0 Å². The molecule has 6 nitrogen and oxygen atoms in total. The molecular formula is C25H44IN5O. The van der Waals surface area contributed by atoms with Crippen LogP contribution in [0.3, 0.4) is 0 Å². The first kappa shape index (κ1) is 28.7. The van der Waals surface area contributed by atoms with Gasteiger partial charge in [-0.1, -0.05) is 44.2 Å². The molecule has 1 aromatic rings. The third kappa shape index (κ3) is 8.89. The predicted molar refractivity (Wildman–Crippen MR) is 146 cm³/mol. The summed E-state index contributed by atoms with van der Waals surface area (Å²) < 4.78 is 0. The van der Waals surface area contributed by atoms with E-state index in [2.05, 4.69) is 66.6 Å². The van der Waals surface area contributed by atoms with E-state index in [1.165, 1.54) is 5.56 Å². The van der Waals surface area contributed by atoms with E-state index < -0.39 is 0 Å². The molecule has 0 bridgehead atoms. The lowest BCUT2D eigenvalue weighted by atomic mass is 9.76. The summed E-state index contributed by atoms with van der Waals surface area (Å²) in [5.74, 6) is 0.847. The molecule has 1 heterocycles. The standard InChI is InChI=1S/C25H43N5O.HI/c1-4-25(5-2,22-12-8-7-9-13-22)20-29-24(27-6-3)28-16-10-11-17-30-18-14-21(15-19-30)23(26)31;/h7-9,12-13,21H,4-6,10-11,14-20H2,1-3H3,(H2,26,31)(H2,27,28,29);1H. The zero-order valence-corrected chi connectivity index (χ0v) is 22.6. The van der Waals surface area contributed by atoms with Crippen molar-refractivity contribution in [1.82, 2.24) is 15.5 Å². The second kappa shape index (κ2) is 15.5. The molecule has 7 heteroatoms. The molecule has 0 atom stereocenters. The van der Waals surface area contributed by atoms with Gasteiger partial charge in [-0.15, -0.1) is 24.0 Å². The quantitative estimate of drug-likeness (QED) is 0.158. The van der Waals surface area contributed by atoms with E-state index in [9.17, 15) is 4.79 Å². The van der Waals surface area contributed by atoms with Crippen LogP contribution >= 0.6 is 24.0 Å². The van der Waals surface area contributed by atoms with Gasteiger partial charge in [-0.05, 0) is 70.6 Å². The summed E-state index contributed by atoms with van der Waals surface area (Å²) >= 11 is 0. The van der Waals surface area contributed by atoms with Crippen molar-refractivity contribution in [2.24, 2.45) is 16.6 Å². The molecule has 1 amide bonds. The fraction of sp³-hybridized carbons (Fsp3) is 0.680. The van der Waals surface area contributed by atoms with E-state index in [-0.39, 0.29) is 41.2 Å². The van der Waals surface area contributed by atoms with Gasteiger partial charge in [-0.25, -0.2) is 0 Å². The lowest BCUT2D eigenvalue weighted by Crippen LogP contribution is -2.40. The van der Waals surface area contributed by atoms with Crippen LogP contribution in [0.5, 0.6) is 0 Å². The van der Waals surface area contributed by atoms with Crippen LogP contribution in [-0.4, -0.2) is 56.0 Å². The molecule has 1 aliphatic rings. The molecule has 1 aromatic carbocycles. The van der Waals surface area contributed by atoms with Crippen molar-refractivity contribution in [3.05, 3.63) is 35.9 Å². The highest BCUT2D eigenvalue weighted by molar-refractivity contribution is 14.0. The van der Waals surface area contributed by atoms with Crippen LogP contribution in [0.15, 0.2) is 35.3 Å². The van der Waals surface area contributed by atoms with Crippen LogP contribution in [-0.2, 0) is 10.2 Å². The number of primary amides is 1. The van der Waals surface area contributed by atoms with Crippen LogP contribution in [0, 0.1) is 5.92 Å². The number of nitrogens with one attached hydrogen (secondary N) is 2. The molecule has 1 aliphatic heterocycles. The number of halogens is 1. The molecule has 0 unspecified atom stereocenters. The largest absolute Gasteiger partial charge is 0.369 e. The molecule has 4 N–H and O–H groups in total. The first-order valence-corrected chi connectivity index (χ1v) is 12.1. The monoisotopic (exact) mass is 557 g/mol. The van der Waals surface area contributed by atoms with E-state index in [0.29, 0.717) is 0 Å². The summed E-state index contributed by atoms with van der Waals surface area (Å²) in [5, 5.41) is 6.91. The van der Waals surface area contributed by atoms with Gasteiger partial charge in [0.25, 0.3) is 0 Å². The van der Waals surface area contributed by atoms with Crippen LogP contribution < -0.4 is 16.4 Å². The Labute approximate surface area is 212 Å². The molecule has 0 aliphatic carbocycles. The zero-order chi connectivity index (χ0) is 22.5. The highest BCUT2D eigenvalue weighted by atomic mass is 127. The van der Waals surface area contributed by atoms with Crippen molar-refractivity contribution >= 4 is 35.8 Å². The molecular weight excluding hydrogens is 513 g/mol. The number of carbonyl (C=O) groups is 1. The molecule has 32 heavy (non-hydrogen) atoms. The highest BCUT2D eigenvalue weighted by Crippen LogP contribution is 2.31. The third-order valence-corrected chi connectivity index (χ3v) is 6.81. The first-order chi connectivity index (χ1) is 15.0. The topological polar surface area (TPSA) is 82.8 Å². The minimum Gasteiger partial charge on any atom is -0.369 e. The molecule has 0 saturated carbocycles. The number of likely N-dealkylation sites (tertiary alicyclic amines) is 1. The molecule has 1 saturated heterocycles. The summed E-state index contributed by atoms with van der Waals surface area (Å²) in [7, 11) is 0. The summed E-state index contributed by atoms with van der Waals surface area (Å²) in [5.41, 5.74) is 6.88. The number of rotatable bonds is 12. The SMILES string of the molecule is CCNC(=NCC(CC)(CC)c1ccccc1)NCCCCN1CCC(C(N)=O)CC1.I. The fourth-order valence-electron chi connectivity index (χ4n) is 4.45. The van der Waals surface area contributed by atoms with Crippen molar-refractivity contribution in [2.75, 3.05) is 39.3 Å². The average molecular weight is 558 g/mol. The number of nitrogens with zero attached hydrogens (tertiary/aromatic N) is 2. The number of aliphatic imine (C=N–C) groups is 1. The first-order valence-electron chi connectivity index (χ1n) is 12.1. The number of nitrogens with two attached hydrogens (primary N) is 1. The van der Waals surface area contributed by atoms with Crippen LogP contribution in [0.1, 0.15) is 64.9 Å². The van der Waals surface area contributed by atoms with Gasteiger partial charge in [0.2, 0.25) is 5.91 Å². The normalized spacial score (nSPS) is 15.8. The van der Waals surface area contributed by atoms with E-state index in [1.54, 1.807) is 0 Å². The van der Waals surface area contributed by atoms with E-state index in [4.69, 9.17) is 10.7 Å². The second-order valence-corrected chi connectivity index (χ2v) is 8.70. The number of guanidine groups is 1. The Hall–Kier alpha value is -1.35. The Balaban J connectivity index is 0.00000512. The van der Waals surface area contributed by atoms with Gasteiger partial charge in [0, 0.05) is 24.4 Å². The van der Waals surface area contributed by atoms with Gasteiger partial charge in [-0.2, -0.15) is 0 Å². The van der Waals surface area contributed by atoms with Crippen molar-refractivity contribution in [3.63, 3.8) is 0 Å². The Bertz CT molecular complexity index is 670. The number of unbranched alkanes of at least 4 members (excludes halogenated alkanes) is 1. The van der Waals surface area contributed by atoms with E-state index >= 15 is 0 Å². The maximum Gasteiger partial charge on any atom is 0.220 e. The van der Waals surface area contributed by atoms with Gasteiger partial charge in [0.15, 0.2) is 5.96 Å². The number of carbonyl (C=O) groups excluding carboxylic acids is 1. The van der Waals surface area contributed by atoms with E-state index in [0.717, 1.165) is 83.8 Å². The van der Waals surface area contributed by atoms with Gasteiger partial charge >= 0.3 is 0 Å². The maximum atomic E-state index is 11.3. The molecule has 2 rings (SSSR count). The highest BCUT2D eigenvalue weighted by Gasteiger charge is 2.28. The lowest BCUT2D eigenvalue weighted by Gasteiger charge is -2.31. The van der Waals surface area contributed by atoms with Crippen LogP contribution in [0.2, 0.25) is 0 Å². The molecule has 1 fully saturated rings.